The molecule has 0 amide bonds. The van der Waals surface area contributed by atoms with Gasteiger partial charge in [0.15, 0.2) is 0 Å². The van der Waals surface area contributed by atoms with E-state index >= 15 is 0 Å². The van der Waals surface area contributed by atoms with Gasteiger partial charge in [-0.25, -0.2) is 9.97 Å². The van der Waals surface area contributed by atoms with Gasteiger partial charge in [0.25, 0.3) is 0 Å². The van der Waals surface area contributed by atoms with Crippen molar-refractivity contribution in [3.8, 4) is 0 Å². The lowest BCUT2D eigenvalue weighted by atomic mass is 10.4. The second-order valence-corrected chi connectivity index (χ2v) is 3.99. The molecule has 0 aliphatic carbocycles. The maximum Gasteiger partial charge on any atom is 0.326 e. The molecule has 0 unspecified atom stereocenters. The molecule has 0 bridgehead atoms. The standard InChI is InChI=1S/C12H14N4O3/c1-9-6-10(15-19-9)8-18-11(17)7-16(2)12-13-4-3-5-14-12/h3-6H,7-8H2,1-2H3. The number of aromatic nitrogens is 3. The molecule has 0 spiro atoms. The number of anilines is 1. The van der Waals surface area contributed by atoms with E-state index in [0.29, 0.717) is 17.4 Å². The molecule has 0 aliphatic rings. The zero-order valence-corrected chi connectivity index (χ0v) is 10.7. The van der Waals surface area contributed by atoms with E-state index in [1.807, 2.05) is 0 Å². The van der Waals surface area contributed by atoms with E-state index in [2.05, 4.69) is 15.1 Å². The van der Waals surface area contributed by atoms with Crippen LogP contribution in [0.25, 0.3) is 0 Å². The quantitative estimate of drug-likeness (QED) is 0.742. The van der Waals surface area contributed by atoms with Gasteiger partial charge in [0.1, 0.15) is 24.6 Å². The third-order valence-corrected chi connectivity index (χ3v) is 2.32. The number of carbonyl (C=O) groups is 1. The van der Waals surface area contributed by atoms with Crippen molar-refractivity contribution < 1.29 is 14.1 Å². The molecule has 7 nitrogen and oxygen atoms in total. The summed E-state index contributed by atoms with van der Waals surface area (Å²) in [4.78, 5) is 21.3. The van der Waals surface area contributed by atoms with Gasteiger partial charge >= 0.3 is 5.97 Å². The lowest BCUT2D eigenvalue weighted by molar-refractivity contribution is -0.143. The number of nitrogens with zero attached hydrogens (tertiary/aromatic N) is 4. The molecule has 2 rings (SSSR count). The number of hydrogen-bond acceptors (Lipinski definition) is 7. The minimum absolute atomic E-state index is 0.0703. The highest BCUT2D eigenvalue weighted by Crippen LogP contribution is 2.05. The molecule has 0 aliphatic heterocycles. The lowest BCUT2D eigenvalue weighted by Gasteiger charge is -2.15. The van der Waals surface area contributed by atoms with Crippen LogP contribution in [0.1, 0.15) is 11.5 Å². The zero-order chi connectivity index (χ0) is 13.7. The first-order valence-corrected chi connectivity index (χ1v) is 5.71. The van der Waals surface area contributed by atoms with Gasteiger partial charge in [0, 0.05) is 25.5 Å². The van der Waals surface area contributed by atoms with Crippen molar-refractivity contribution in [2.24, 2.45) is 0 Å². The molecule has 0 radical (unpaired) electrons. The first-order chi connectivity index (χ1) is 9.15. The van der Waals surface area contributed by atoms with E-state index in [1.54, 1.807) is 43.4 Å². The Bertz CT molecular complexity index is 541. The topological polar surface area (TPSA) is 81.4 Å². The van der Waals surface area contributed by atoms with Crippen molar-refractivity contribution in [1.82, 2.24) is 15.1 Å². The second-order valence-electron chi connectivity index (χ2n) is 3.99. The largest absolute Gasteiger partial charge is 0.458 e. The van der Waals surface area contributed by atoms with Crippen molar-refractivity contribution in [1.29, 1.82) is 0 Å². The van der Waals surface area contributed by atoms with Crippen molar-refractivity contribution >= 4 is 11.9 Å². The number of aryl methyl sites for hydroxylation is 1. The van der Waals surface area contributed by atoms with Gasteiger partial charge in [-0.3, -0.25) is 4.79 Å². The first-order valence-electron chi connectivity index (χ1n) is 5.71. The third kappa shape index (κ3) is 3.77. The minimum Gasteiger partial charge on any atom is -0.458 e. The van der Waals surface area contributed by atoms with Gasteiger partial charge in [-0.05, 0) is 13.0 Å². The predicted molar refractivity (Wildman–Crippen MR) is 66.3 cm³/mol. The van der Waals surface area contributed by atoms with E-state index < -0.39 is 0 Å². The van der Waals surface area contributed by atoms with Crippen LogP contribution in [0.3, 0.4) is 0 Å². The van der Waals surface area contributed by atoms with Crippen molar-refractivity contribution in [2.45, 2.75) is 13.5 Å². The summed E-state index contributed by atoms with van der Waals surface area (Å²) in [5.74, 6) is 0.771. The molecule has 0 saturated carbocycles. The molecule has 0 aromatic carbocycles. The first kappa shape index (κ1) is 13.0. The average molecular weight is 262 g/mol. The maximum atomic E-state index is 11.6. The summed E-state index contributed by atoms with van der Waals surface area (Å²) in [6, 6.07) is 3.43. The van der Waals surface area contributed by atoms with Gasteiger partial charge in [-0.1, -0.05) is 5.16 Å². The highest BCUT2D eigenvalue weighted by atomic mass is 16.5. The van der Waals surface area contributed by atoms with Crippen LogP contribution in [-0.4, -0.2) is 34.7 Å². The Morgan fingerprint density at radius 1 is 1.42 bits per heavy atom. The number of esters is 1. The molecule has 2 aromatic rings. The zero-order valence-electron chi connectivity index (χ0n) is 10.7. The molecule has 0 atom stereocenters. The Kier molecular flexibility index (Phi) is 4.07. The van der Waals surface area contributed by atoms with E-state index in [1.165, 1.54) is 0 Å². The fourth-order valence-corrected chi connectivity index (χ4v) is 1.44. The molecular weight excluding hydrogens is 248 g/mol. The Hall–Kier alpha value is -2.44. The summed E-state index contributed by atoms with van der Waals surface area (Å²) in [7, 11) is 1.72. The van der Waals surface area contributed by atoms with Crippen molar-refractivity contribution in [2.75, 3.05) is 18.5 Å². The van der Waals surface area contributed by atoms with Crippen LogP contribution in [0, 0.1) is 6.92 Å². The van der Waals surface area contributed by atoms with Crippen LogP contribution >= 0.6 is 0 Å². The summed E-state index contributed by atoms with van der Waals surface area (Å²) in [5.41, 5.74) is 0.587. The van der Waals surface area contributed by atoms with E-state index in [4.69, 9.17) is 9.26 Å². The molecule has 0 N–H and O–H groups in total. The Labute approximate surface area is 110 Å². The molecule has 2 aromatic heterocycles. The number of ether oxygens (including phenoxy) is 1. The highest BCUT2D eigenvalue weighted by Gasteiger charge is 2.11. The summed E-state index contributed by atoms with van der Waals surface area (Å²) in [6.07, 6.45) is 3.23. The maximum absolute atomic E-state index is 11.6. The number of hydrogen-bond donors (Lipinski definition) is 0. The summed E-state index contributed by atoms with van der Waals surface area (Å²) >= 11 is 0. The number of carbonyl (C=O) groups excluding carboxylic acids is 1. The van der Waals surface area contributed by atoms with Crippen LogP contribution in [-0.2, 0) is 16.1 Å². The molecule has 19 heavy (non-hydrogen) atoms. The lowest BCUT2D eigenvalue weighted by Crippen LogP contribution is -2.28. The van der Waals surface area contributed by atoms with E-state index in [9.17, 15) is 4.79 Å². The molecule has 7 heteroatoms. The summed E-state index contributed by atoms with van der Waals surface area (Å²) in [5, 5.41) is 3.73. The fourth-order valence-electron chi connectivity index (χ4n) is 1.44. The van der Waals surface area contributed by atoms with Gasteiger partial charge in [-0.15, -0.1) is 0 Å². The predicted octanol–water partition coefficient (Wildman–Crippen LogP) is 0.953. The monoisotopic (exact) mass is 262 g/mol. The van der Waals surface area contributed by atoms with Crippen LogP contribution in [0.15, 0.2) is 29.0 Å². The Morgan fingerprint density at radius 2 is 2.16 bits per heavy atom. The van der Waals surface area contributed by atoms with Crippen molar-refractivity contribution in [3.05, 3.63) is 36.0 Å². The van der Waals surface area contributed by atoms with Gasteiger partial charge in [-0.2, -0.15) is 0 Å². The Morgan fingerprint density at radius 3 is 2.79 bits per heavy atom. The smallest absolute Gasteiger partial charge is 0.326 e. The second kappa shape index (κ2) is 5.94. The minimum atomic E-state index is -0.379. The number of rotatable bonds is 5. The average Bonchev–Trinajstić information content (AvgIpc) is 2.83. The normalized spacial score (nSPS) is 10.2. The van der Waals surface area contributed by atoms with Crippen LogP contribution in [0.4, 0.5) is 5.95 Å². The van der Waals surface area contributed by atoms with Crippen LogP contribution < -0.4 is 4.90 Å². The van der Waals surface area contributed by atoms with E-state index in [-0.39, 0.29) is 19.1 Å². The third-order valence-electron chi connectivity index (χ3n) is 2.32. The number of likely N-dealkylation sites (N-methyl/N-ethyl adjacent to an activating group) is 1. The van der Waals surface area contributed by atoms with Crippen LogP contribution in [0.2, 0.25) is 0 Å². The molecule has 2 heterocycles. The van der Waals surface area contributed by atoms with Gasteiger partial charge in [0.05, 0.1) is 0 Å². The Balaban J connectivity index is 1.81. The molecular formula is C12H14N4O3. The summed E-state index contributed by atoms with van der Waals surface area (Å²) in [6.45, 7) is 1.94. The molecule has 0 fully saturated rings. The summed E-state index contributed by atoms with van der Waals surface area (Å²) < 4.78 is 9.95. The molecule has 100 valence electrons. The van der Waals surface area contributed by atoms with Crippen molar-refractivity contribution in [3.63, 3.8) is 0 Å². The van der Waals surface area contributed by atoms with E-state index in [0.717, 1.165) is 0 Å². The highest BCUT2D eigenvalue weighted by molar-refractivity contribution is 5.74. The van der Waals surface area contributed by atoms with Gasteiger partial charge < -0.3 is 14.2 Å². The SMILES string of the molecule is Cc1cc(COC(=O)CN(C)c2ncccn2)no1. The van der Waals surface area contributed by atoms with Crippen LogP contribution in [0.5, 0.6) is 0 Å². The van der Waals surface area contributed by atoms with Gasteiger partial charge in [0.2, 0.25) is 5.95 Å². The fraction of sp³-hybridized carbons (Fsp3) is 0.333. The molecule has 0 saturated heterocycles.